The summed E-state index contributed by atoms with van der Waals surface area (Å²) >= 11 is 1.80. The number of benzene rings is 2. The lowest BCUT2D eigenvalue weighted by Crippen LogP contribution is -2.54. The number of para-hydroxylation sites is 2. The first-order valence-corrected chi connectivity index (χ1v) is 12.3. The Balaban J connectivity index is 1.39. The van der Waals surface area contributed by atoms with Gasteiger partial charge in [0.1, 0.15) is 23.2 Å². The third-order valence-corrected chi connectivity index (χ3v) is 7.28. The van der Waals surface area contributed by atoms with E-state index in [1.54, 1.807) is 17.4 Å². The van der Waals surface area contributed by atoms with Crippen LogP contribution in [0.2, 0.25) is 0 Å². The number of anilines is 2. The molecule has 6 heteroatoms. The third-order valence-electron chi connectivity index (χ3n) is 6.31. The standard InChI is InChI=1S/C27H30N4OS/c1-4-15-32-22-11-9-20(10-12-22)17-21-18-31(14-13-30(21)3)26-23-16-19(2)33-27(23)29-25-8-6-5-7-24(25)28-26/h4-12,16,21,29H,1,13-15,17-18H2,2-3H3/t21-/m0/s1. The van der Waals surface area contributed by atoms with Gasteiger partial charge in [0.25, 0.3) is 0 Å². The normalized spacial score (nSPS) is 17.9. The molecule has 1 N–H and O–H groups in total. The molecule has 0 bridgehead atoms. The van der Waals surface area contributed by atoms with E-state index in [0.29, 0.717) is 12.6 Å². The highest BCUT2D eigenvalue weighted by molar-refractivity contribution is 7.16. The number of fused-ring (bicyclic) bond motifs is 2. The zero-order chi connectivity index (χ0) is 22.8. The maximum Gasteiger partial charge on any atom is 0.139 e. The Hall–Kier alpha value is -3.09. The van der Waals surface area contributed by atoms with Crippen LogP contribution in [0.4, 0.5) is 16.4 Å². The summed E-state index contributed by atoms with van der Waals surface area (Å²) in [6, 6.07) is 19.5. The van der Waals surface area contributed by atoms with Crippen molar-refractivity contribution in [2.24, 2.45) is 4.99 Å². The highest BCUT2D eigenvalue weighted by Gasteiger charge is 2.30. The number of amidine groups is 1. The summed E-state index contributed by atoms with van der Waals surface area (Å²) in [6.45, 7) is 9.33. The highest BCUT2D eigenvalue weighted by atomic mass is 32.1. The first-order valence-electron chi connectivity index (χ1n) is 11.4. The van der Waals surface area contributed by atoms with Crippen molar-refractivity contribution in [3.8, 4) is 5.75 Å². The van der Waals surface area contributed by atoms with Gasteiger partial charge in [-0.3, -0.25) is 4.90 Å². The number of hydrogen-bond acceptors (Lipinski definition) is 6. The molecule has 0 saturated carbocycles. The fourth-order valence-electron chi connectivity index (χ4n) is 4.50. The van der Waals surface area contributed by atoms with Crippen molar-refractivity contribution in [2.45, 2.75) is 19.4 Å². The van der Waals surface area contributed by atoms with Crippen LogP contribution in [-0.2, 0) is 6.42 Å². The van der Waals surface area contributed by atoms with E-state index < -0.39 is 0 Å². The van der Waals surface area contributed by atoms with Gasteiger partial charge in [0.15, 0.2) is 0 Å². The third kappa shape index (κ3) is 4.68. The van der Waals surface area contributed by atoms with E-state index in [0.717, 1.165) is 49.0 Å². The number of ether oxygens (including phenoxy) is 1. The van der Waals surface area contributed by atoms with Gasteiger partial charge >= 0.3 is 0 Å². The Kier molecular flexibility index (Phi) is 6.20. The van der Waals surface area contributed by atoms with Gasteiger partial charge in [0.2, 0.25) is 0 Å². The Labute approximate surface area is 200 Å². The van der Waals surface area contributed by atoms with E-state index in [1.807, 2.05) is 0 Å². The number of piperazine rings is 1. The van der Waals surface area contributed by atoms with E-state index >= 15 is 0 Å². The Bertz CT molecular complexity index is 1170. The number of aliphatic imine (C=N–C) groups is 1. The minimum absolute atomic E-state index is 0.413. The van der Waals surface area contributed by atoms with Crippen molar-refractivity contribution in [3.63, 3.8) is 0 Å². The number of aryl methyl sites for hydroxylation is 1. The van der Waals surface area contributed by atoms with Crippen molar-refractivity contribution < 1.29 is 4.74 Å². The largest absolute Gasteiger partial charge is 0.490 e. The van der Waals surface area contributed by atoms with E-state index in [9.17, 15) is 0 Å². The molecule has 170 valence electrons. The second kappa shape index (κ2) is 9.41. The van der Waals surface area contributed by atoms with Crippen LogP contribution in [0.15, 0.2) is 72.2 Å². The molecule has 0 aliphatic carbocycles. The van der Waals surface area contributed by atoms with Crippen molar-refractivity contribution in [1.29, 1.82) is 0 Å². The molecule has 1 fully saturated rings. The number of likely N-dealkylation sites (N-methyl/N-ethyl adjacent to an activating group) is 1. The highest BCUT2D eigenvalue weighted by Crippen LogP contribution is 2.39. The molecule has 5 rings (SSSR count). The van der Waals surface area contributed by atoms with Crippen molar-refractivity contribution >= 4 is 33.5 Å². The van der Waals surface area contributed by atoms with Crippen molar-refractivity contribution in [2.75, 3.05) is 38.6 Å². The summed E-state index contributed by atoms with van der Waals surface area (Å²) in [5.74, 6) is 1.97. The molecule has 1 saturated heterocycles. The fraction of sp³-hybridized carbons (Fsp3) is 0.296. The number of thiophene rings is 1. The Morgan fingerprint density at radius 3 is 2.82 bits per heavy atom. The molecule has 2 aliphatic rings. The average Bonchev–Trinajstić information content (AvgIpc) is 3.11. The molecule has 0 unspecified atom stereocenters. The van der Waals surface area contributed by atoms with Gasteiger partial charge in [-0.25, -0.2) is 4.99 Å². The summed E-state index contributed by atoms with van der Waals surface area (Å²) in [4.78, 5) is 11.4. The minimum atomic E-state index is 0.413. The summed E-state index contributed by atoms with van der Waals surface area (Å²) in [5.41, 5.74) is 4.60. The van der Waals surface area contributed by atoms with Gasteiger partial charge in [-0.05, 0) is 56.3 Å². The van der Waals surface area contributed by atoms with Gasteiger partial charge in [0.05, 0.1) is 16.9 Å². The Morgan fingerprint density at radius 2 is 2.00 bits per heavy atom. The van der Waals surface area contributed by atoms with E-state index in [2.05, 4.69) is 90.3 Å². The van der Waals surface area contributed by atoms with Gasteiger partial charge < -0.3 is 15.0 Å². The minimum Gasteiger partial charge on any atom is -0.490 e. The van der Waals surface area contributed by atoms with Crippen LogP contribution in [0, 0.1) is 6.92 Å². The Morgan fingerprint density at radius 1 is 1.18 bits per heavy atom. The summed E-state index contributed by atoms with van der Waals surface area (Å²) in [7, 11) is 2.23. The summed E-state index contributed by atoms with van der Waals surface area (Å²) < 4.78 is 5.64. The lowest BCUT2D eigenvalue weighted by atomic mass is 10.0. The maximum absolute atomic E-state index is 5.64. The molecular formula is C27H30N4OS. The van der Waals surface area contributed by atoms with Crippen LogP contribution < -0.4 is 10.1 Å². The van der Waals surface area contributed by atoms with Crippen LogP contribution in [0.25, 0.3) is 0 Å². The summed E-state index contributed by atoms with van der Waals surface area (Å²) in [5, 5.41) is 4.80. The molecule has 33 heavy (non-hydrogen) atoms. The second-order valence-corrected chi connectivity index (χ2v) is 9.96. The van der Waals surface area contributed by atoms with Crippen molar-refractivity contribution in [3.05, 3.63) is 83.3 Å². The van der Waals surface area contributed by atoms with Crippen LogP contribution in [0.1, 0.15) is 16.0 Å². The SMILES string of the molecule is C=CCOc1ccc(C[C@H]2CN(C3=Nc4ccccc4Nc4sc(C)cc43)CCN2C)cc1. The number of nitrogens with zero attached hydrogens (tertiary/aromatic N) is 3. The molecule has 5 nitrogen and oxygen atoms in total. The predicted molar refractivity (Wildman–Crippen MR) is 139 cm³/mol. The van der Waals surface area contributed by atoms with E-state index in [4.69, 9.17) is 9.73 Å². The van der Waals surface area contributed by atoms with Crippen LogP contribution in [0.5, 0.6) is 5.75 Å². The molecule has 1 aromatic heterocycles. The predicted octanol–water partition coefficient (Wildman–Crippen LogP) is 5.62. The van der Waals surface area contributed by atoms with Crippen LogP contribution in [-0.4, -0.2) is 55.0 Å². The van der Waals surface area contributed by atoms with Gasteiger partial charge in [-0.2, -0.15) is 0 Å². The molecule has 0 spiro atoms. The first-order chi connectivity index (χ1) is 16.1. The second-order valence-electron chi connectivity index (χ2n) is 8.71. The smallest absolute Gasteiger partial charge is 0.139 e. The molecule has 2 aliphatic heterocycles. The van der Waals surface area contributed by atoms with Crippen LogP contribution in [0.3, 0.4) is 0 Å². The number of hydrogen-bond donors (Lipinski definition) is 1. The molecule has 3 heterocycles. The van der Waals surface area contributed by atoms with E-state index in [1.165, 1.54) is 21.0 Å². The monoisotopic (exact) mass is 458 g/mol. The fourth-order valence-corrected chi connectivity index (χ4v) is 5.42. The molecule has 2 aromatic carbocycles. The van der Waals surface area contributed by atoms with Crippen molar-refractivity contribution in [1.82, 2.24) is 9.80 Å². The quantitative estimate of drug-likeness (QED) is 0.504. The van der Waals surface area contributed by atoms with Gasteiger partial charge in [-0.15, -0.1) is 11.3 Å². The molecule has 0 radical (unpaired) electrons. The molecular weight excluding hydrogens is 428 g/mol. The summed E-state index contributed by atoms with van der Waals surface area (Å²) in [6.07, 6.45) is 2.76. The lowest BCUT2D eigenvalue weighted by Gasteiger charge is -2.41. The topological polar surface area (TPSA) is 40.1 Å². The molecule has 3 aromatic rings. The number of nitrogens with one attached hydrogen (secondary N) is 1. The van der Waals surface area contributed by atoms with E-state index in [-0.39, 0.29) is 0 Å². The van der Waals surface area contributed by atoms with Gasteiger partial charge in [-0.1, -0.05) is 36.9 Å². The maximum atomic E-state index is 5.64. The zero-order valence-electron chi connectivity index (χ0n) is 19.3. The zero-order valence-corrected chi connectivity index (χ0v) is 20.1. The molecule has 1 atom stereocenters. The molecule has 0 amide bonds. The van der Waals surface area contributed by atoms with Crippen LogP contribution >= 0.6 is 11.3 Å². The lowest BCUT2D eigenvalue weighted by molar-refractivity contribution is 0.141. The average molecular weight is 459 g/mol. The van der Waals surface area contributed by atoms with Gasteiger partial charge in [0, 0.05) is 30.6 Å². The first kappa shape index (κ1) is 21.7. The number of rotatable bonds is 5.